The van der Waals surface area contributed by atoms with Crippen molar-refractivity contribution in [2.75, 3.05) is 19.7 Å². The van der Waals surface area contributed by atoms with E-state index in [0.717, 1.165) is 11.3 Å². The van der Waals surface area contributed by atoms with Gasteiger partial charge in [-0.2, -0.15) is 0 Å². The minimum Gasteiger partial charge on any atom is -0.370 e. The minimum absolute atomic E-state index is 0.0226. The Morgan fingerprint density at radius 3 is 2.52 bits per heavy atom. The number of imidazole rings is 1. The van der Waals surface area contributed by atoms with Crippen LogP contribution in [0.1, 0.15) is 22.2 Å². The third kappa shape index (κ3) is 3.19. The first kappa shape index (κ1) is 15.6. The summed E-state index contributed by atoms with van der Waals surface area (Å²) in [5, 5.41) is 0. The number of amides is 1. The van der Waals surface area contributed by atoms with Gasteiger partial charge in [0.15, 0.2) is 0 Å². The van der Waals surface area contributed by atoms with Crippen molar-refractivity contribution in [1.82, 2.24) is 14.5 Å². The number of benzene rings is 2. The Labute approximate surface area is 146 Å². The molecular weight excluding hydrogens is 314 g/mol. The molecule has 1 aromatic heterocycles. The topological polar surface area (TPSA) is 47.4 Å². The maximum atomic E-state index is 13.0. The van der Waals surface area contributed by atoms with Crippen LogP contribution in [0.5, 0.6) is 0 Å². The van der Waals surface area contributed by atoms with Crippen LogP contribution in [0.15, 0.2) is 73.2 Å². The highest BCUT2D eigenvalue weighted by molar-refractivity contribution is 5.93. The predicted octanol–water partition coefficient (Wildman–Crippen LogP) is 3.09. The Bertz CT molecular complexity index is 846. The molecule has 0 radical (unpaired) electrons. The molecule has 2 heterocycles. The number of hydrogen-bond acceptors (Lipinski definition) is 3. The molecule has 0 saturated carbocycles. The molecule has 4 rings (SSSR count). The van der Waals surface area contributed by atoms with Crippen molar-refractivity contribution in [3.63, 3.8) is 0 Å². The Morgan fingerprint density at radius 2 is 1.76 bits per heavy atom. The zero-order valence-corrected chi connectivity index (χ0v) is 13.8. The van der Waals surface area contributed by atoms with Crippen molar-refractivity contribution in [2.24, 2.45) is 0 Å². The summed E-state index contributed by atoms with van der Waals surface area (Å²) in [4.78, 5) is 19.1. The van der Waals surface area contributed by atoms with E-state index in [-0.39, 0.29) is 12.0 Å². The molecule has 1 saturated heterocycles. The van der Waals surface area contributed by atoms with Gasteiger partial charge in [-0.1, -0.05) is 48.5 Å². The lowest BCUT2D eigenvalue weighted by atomic mass is 10.1. The summed E-state index contributed by atoms with van der Waals surface area (Å²) in [5.74, 6) is -0.0226. The SMILES string of the molecule is O=C(c1cncn1-c1ccccc1)N1CCO[C@H](c2ccccc2)C1. The third-order valence-corrected chi connectivity index (χ3v) is 4.42. The normalized spacial score (nSPS) is 17.4. The van der Waals surface area contributed by atoms with Gasteiger partial charge in [-0.15, -0.1) is 0 Å². The van der Waals surface area contributed by atoms with Crippen LogP contribution in [0.25, 0.3) is 5.69 Å². The molecule has 0 unspecified atom stereocenters. The number of ether oxygens (including phenoxy) is 1. The predicted molar refractivity (Wildman–Crippen MR) is 94.6 cm³/mol. The lowest BCUT2D eigenvalue weighted by molar-refractivity contribution is -0.0230. The molecule has 0 N–H and O–H groups in total. The van der Waals surface area contributed by atoms with Crippen molar-refractivity contribution in [2.45, 2.75) is 6.10 Å². The molecule has 1 fully saturated rings. The van der Waals surface area contributed by atoms with E-state index in [1.54, 1.807) is 12.5 Å². The van der Waals surface area contributed by atoms with Gasteiger partial charge < -0.3 is 9.64 Å². The molecule has 25 heavy (non-hydrogen) atoms. The summed E-state index contributed by atoms with van der Waals surface area (Å²) in [7, 11) is 0. The fourth-order valence-corrected chi connectivity index (χ4v) is 3.11. The summed E-state index contributed by atoms with van der Waals surface area (Å²) < 4.78 is 7.69. The van der Waals surface area contributed by atoms with Crippen LogP contribution in [0, 0.1) is 0 Å². The Balaban J connectivity index is 1.57. The second-order valence-electron chi connectivity index (χ2n) is 6.01. The Hall–Kier alpha value is -2.92. The van der Waals surface area contributed by atoms with Gasteiger partial charge in [0.2, 0.25) is 0 Å². The minimum atomic E-state index is -0.0907. The van der Waals surface area contributed by atoms with Gasteiger partial charge in [-0.25, -0.2) is 4.98 Å². The largest absolute Gasteiger partial charge is 0.370 e. The van der Waals surface area contributed by atoms with Gasteiger partial charge in [-0.05, 0) is 17.7 Å². The molecule has 5 nitrogen and oxygen atoms in total. The molecule has 0 aliphatic carbocycles. The number of carbonyl (C=O) groups excluding carboxylic acids is 1. The van der Waals surface area contributed by atoms with E-state index >= 15 is 0 Å². The molecule has 1 aliphatic heterocycles. The second kappa shape index (κ2) is 6.91. The molecule has 5 heteroatoms. The number of para-hydroxylation sites is 1. The van der Waals surface area contributed by atoms with Crippen molar-refractivity contribution >= 4 is 5.91 Å². The quantitative estimate of drug-likeness (QED) is 0.740. The first-order valence-corrected chi connectivity index (χ1v) is 8.36. The van der Waals surface area contributed by atoms with E-state index in [1.165, 1.54) is 0 Å². The summed E-state index contributed by atoms with van der Waals surface area (Å²) in [6.45, 7) is 1.66. The lowest BCUT2D eigenvalue weighted by Gasteiger charge is -2.33. The number of carbonyl (C=O) groups is 1. The van der Waals surface area contributed by atoms with Gasteiger partial charge >= 0.3 is 0 Å². The van der Waals surface area contributed by atoms with Crippen molar-refractivity contribution in [3.05, 3.63) is 84.4 Å². The van der Waals surface area contributed by atoms with Crippen LogP contribution in [0.3, 0.4) is 0 Å². The highest BCUT2D eigenvalue weighted by Crippen LogP contribution is 2.23. The number of aromatic nitrogens is 2. The number of rotatable bonds is 3. The molecular formula is C20H19N3O2. The van der Waals surface area contributed by atoms with Gasteiger partial charge in [0, 0.05) is 12.2 Å². The van der Waals surface area contributed by atoms with E-state index in [2.05, 4.69) is 4.98 Å². The smallest absolute Gasteiger partial charge is 0.272 e. The maximum Gasteiger partial charge on any atom is 0.272 e. The van der Waals surface area contributed by atoms with Gasteiger partial charge in [0.05, 0.1) is 25.7 Å². The molecule has 0 bridgehead atoms. The standard InChI is InChI=1S/C20H19N3O2/c24-20(18-13-21-15-23(18)17-9-5-2-6-10-17)22-11-12-25-19(14-22)16-7-3-1-4-8-16/h1-10,13,15,19H,11-12,14H2/t19-/m0/s1. The van der Waals surface area contributed by atoms with Crippen LogP contribution in [-0.4, -0.2) is 40.1 Å². The molecule has 1 atom stereocenters. The van der Waals surface area contributed by atoms with E-state index in [9.17, 15) is 4.79 Å². The number of hydrogen-bond donors (Lipinski definition) is 0. The summed E-state index contributed by atoms with van der Waals surface area (Å²) in [5.41, 5.74) is 2.59. The average molecular weight is 333 g/mol. The van der Waals surface area contributed by atoms with Crippen LogP contribution >= 0.6 is 0 Å². The summed E-state index contributed by atoms with van der Waals surface area (Å²) in [6.07, 6.45) is 3.21. The van der Waals surface area contributed by atoms with E-state index < -0.39 is 0 Å². The van der Waals surface area contributed by atoms with Gasteiger partial charge in [0.25, 0.3) is 5.91 Å². The van der Waals surface area contributed by atoms with E-state index in [1.807, 2.05) is 70.1 Å². The summed E-state index contributed by atoms with van der Waals surface area (Å²) in [6, 6.07) is 19.8. The molecule has 0 spiro atoms. The monoisotopic (exact) mass is 333 g/mol. The van der Waals surface area contributed by atoms with Gasteiger partial charge in [0.1, 0.15) is 11.8 Å². The first-order chi connectivity index (χ1) is 12.3. The molecule has 3 aromatic rings. The van der Waals surface area contributed by atoms with Gasteiger partial charge in [-0.3, -0.25) is 9.36 Å². The van der Waals surface area contributed by atoms with Crippen LogP contribution in [0.2, 0.25) is 0 Å². The Morgan fingerprint density at radius 1 is 1.04 bits per heavy atom. The number of nitrogens with zero attached hydrogens (tertiary/aromatic N) is 3. The highest BCUT2D eigenvalue weighted by Gasteiger charge is 2.27. The van der Waals surface area contributed by atoms with Crippen LogP contribution in [-0.2, 0) is 4.74 Å². The molecule has 1 amide bonds. The van der Waals surface area contributed by atoms with E-state index in [0.29, 0.717) is 25.4 Å². The van der Waals surface area contributed by atoms with Crippen molar-refractivity contribution in [3.8, 4) is 5.69 Å². The first-order valence-electron chi connectivity index (χ1n) is 8.36. The third-order valence-electron chi connectivity index (χ3n) is 4.42. The van der Waals surface area contributed by atoms with Crippen LogP contribution < -0.4 is 0 Å². The fourth-order valence-electron chi connectivity index (χ4n) is 3.11. The highest BCUT2D eigenvalue weighted by atomic mass is 16.5. The number of morpholine rings is 1. The van der Waals surface area contributed by atoms with E-state index in [4.69, 9.17) is 4.74 Å². The molecule has 126 valence electrons. The fraction of sp³-hybridized carbons (Fsp3) is 0.200. The maximum absolute atomic E-state index is 13.0. The zero-order valence-electron chi connectivity index (χ0n) is 13.8. The zero-order chi connectivity index (χ0) is 17.1. The van der Waals surface area contributed by atoms with Crippen LogP contribution in [0.4, 0.5) is 0 Å². The summed E-state index contributed by atoms with van der Waals surface area (Å²) >= 11 is 0. The van der Waals surface area contributed by atoms with Crippen molar-refractivity contribution < 1.29 is 9.53 Å². The second-order valence-corrected chi connectivity index (χ2v) is 6.01. The van der Waals surface area contributed by atoms with Crippen molar-refractivity contribution in [1.29, 1.82) is 0 Å². The molecule has 1 aliphatic rings. The lowest BCUT2D eigenvalue weighted by Crippen LogP contribution is -2.42. The Kier molecular flexibility index (Phi) is 4.31. The molecule has 2 aromatic carbocycles. The average Bonchev–Trinajstić information content (AvgIpc) is 3.19.